The molecule has 0 spiro atoms. The topological polar surface area (TPSA) is 50.8 Å². The summed E-state index contributed by atoms with van der Waals surface area (Å²) in [6.07, 6.45) is 10.5. The zero-order valence-corrected chi connectivity index (χ0v) is 11.2. The fraction of sp³-hybridized carbons (Fsp3) is 0.929. The molecule has 102 valence electrons. The number of ether oxygens (including phenoxy) is 1. The van der Waals surface area contributed by atoms with Gasteiger partial charge in [-0.2, -0.15) is 0 Å². The quantitative estimate of drug-likeness (QED) is 0.572. The summed E-state index contributed by atoms with van der Waals surface area (Å²) < 4.78 is 5.82. The molecule has 1 heterocycles. The Hall–Kier alpha value is -0.770. The minimum absolute atomic E-state index is 0.402. The number of aliphatic imine (C=N–C) groups is 1. The molecule has 0 amide bonds. The van der Waals surface area contributed by atoms with Crippen molar-refractivity contribution in [3.05, 3.63) is 0 Å². The maximum atomic E-state index is 6.26. The fourth-order valence-electron chi connectivity index (χ4n) is 3.68. The fourth-order valence-corrected chi connectivity index (χ4v) is 3.68. The molecule has 0 aromatic carbocycles. The lowest BCUT2D eigenvalue weighted by Crippen LogP contribution is -2.54. The predicted molar refractivity (Wildman–Crippen MR) is 72.6 cm³/mol. The standard InChI is InChI=1S/C14H25N3O/c15-14(16-11-5-2-1-3-6-11)17-9-10-18-13-8-4-7-12(13)17/h11-13H,1-10H2,(H2,15,16). The lowest BCUT2D eigenvalue weighted by atomic mass is 9.96. The highest BCUT2D eigenvalue weighted by molar-refractivity contribution is 5.78. The molecule has 3 rings (SSSR count). The van der Waals surface area contributed by atoms with Crippen LogP contribution in [0.5, 0.6) is 0 Å². The van der Waals surface area contributed by atoms with Gasteiger partial charge >= 0.3 is 0 Å². The first kappa shape index (κ1) is 12.3. The molecular weight excluding hydrogens is 226 g/mol. The molecule has 0 aromatic heterocycles. The second kappa shape index (κ2) is 5.47. The first-order valence-corrected chi connectivity index (χ1v) is 7.56. The highest BCUT2D eigenvalue weighted by atomic mass is 16.5. The van der Waals surface area contributed by atoms with Gasteiger partial charge < -0.3 is 15.4 Å². The maximum Gasteiger partial charge on any atom is 0.191 e. The highest BCUT2D eigenvalue weighted by Crippen LogP contribution is 2.29. The molecule has 4 nitrogen and oxygen atoms in total. The van der Waals surface area contributed by atoms with Crippen molar-refractivity contribution in [2.45, 2.75) is 69.6 Å². The molecule has 3 aliphatic rings. The number of rotatable bonds is 1. The monoisotopic (exact) mass is 251 g/mol. The third-order valence-electron chi connectivity index (χ3n) is 4.67. The molecular formula is C14H25N3O. The van der Waals surface area contributed by atoms with Gasteiger partial charge in [-0.25, -0.2) is 4.99 Å². The number of guanidine groups is 1. The summed E-state index contributed by atoms with van der Waals surface area (Å²) in [7, 11) is 0. The van der Waals surface area contributed by atoms with Crippen LogP contribution in [0.2, 0.25) is 0 Å². The first-order valence-electron chi connectivity index (χ1n) is 7.56. The second-order valence-corrected chi connectivity index (χ2v) is 5.88. The van der Waals surface area contributed by atoms with Gasteiger partial charge in [0.1, 0.15) is 0 Å². The Morgan fingerprint density at radius 2 is 1.89 bits per heavy atom. The van der Waals surface area contributed by atoms with Gasteiger partial charge in [0.15, 0.2) is 5.96 Å². The Labute approximate surface area is 110 Å². The largest absolute Gasteiger partial charge is 0.374 e. The zero-order valence-electron chi connectivity index (χ0n) is 11.2. The van der Waals surface area contributed by atoms with Crippen LogP contribution in [0, 0.1) is 0 Å². The molecule has 0 aromatic rings. The van der Waals surface area contributed by atoms with E-state index in [1.165, 1.54) is 51.4 Å². The summed E-state index contributed by atoms with van der Waals surface area (Å²) in [6.45, 7) is 1.73. The van der Waals surface area contributed by atoms with Crippen molar-refractivity contribution in [3.8, 4) is 0 Å². The van der Waals surface area contributed by atoms with Crippen LogP contribution >= 0.6 is 0 Å². The molecule has 4 heteroatoms. The molecule has 1 saturated heterocycles. The van der Waals surface area contributed by atoms with Crippen molar-refractivity contribution >= 4 is 5.96 Å². The number of hydrogen-bond acceptors (Lipinski definition) is 2. The summed E-state index contributed by atoms with van der Waals surface area (Å²) in [5.41, 5.74) is 6.26. The van der Waals surface area contributed by atoms with E-state index >= 15 is 0 Å². The molecule has 1 aliphatic heterocycles. The van der Waals surface area contributed by atoms with Crippen molar-refractivity contribution < 1.29 is 4.74 Å². The lowest BCUT2D eigenvalue weighted by Gasteiger charge is -2.38. The molecule has 2 saturated carbocycles. The Kier molecular flexibility index (Phi) is 3.73. The van der Waals surface area contributed by atoms with Gasteiger partial charge in [0.25, 0.3) is 0 Å². The summed E-state index contributed by atoms with van der Waals surface area (Å²) in [6, 6.07) is 0.965. The van der Waals surface area contributed by atoms with Crippen LogP contribution in [-0.4, -0.2) is 42.2 Å². The zero-order chi connectivity index (χ0) is 12.4. The van der Waals surface area contributed by atoms with Gasteiger partial charge in [-0.1, -0.05) is 19.3 Å². The van der Waals surface area contributed by atoms with Crippen LogP contribution < -0.4 is 5.73 Å². The summed E-state index contributed by atoms with van der Waals surface area (Å²) in [4.78, 5) is 7.10. The van der Waals surface area contributed by atoms with Crippen LogP contribution in [0.25, 0.3) is 0 Å². The highest BCUT2D eigenvalue weighted by Gasteiger charge is 2.37. The Bertz CT molecular complexity index is 312. The van der Waals surface area contributed by atoms with E-state index in [4.69, 9.17) is 15.5 Å². The van der Waals surface area contributed by atoms with E-state index in [0.717, 1.165) is 19.1 Å². The molecule has 3 fully saturated rings. The van der Waals surface area contributed by atoms with E-state index in [2.05, 4.69) is 4.90 Å². The van der Waals surface area contributed by atoms with Crippen molar-refractivity contribution in [1.82, 2.24) is 4.90 Å². The SMILES string of the molecule is NC(=NC1CCCCC1)N1CCOC2CCCC21. The average molecular weight is 251 g/mol. The minimum atomic E-state index is 0.402. The van der Waals surface area contributed by atoms with Crippen molar-refractivity contribution in [3.63, 3.8) is 0 Å². The normalized spacial score (nSPS) is 34.7. The van der Waals surface area contributed by atoms with E-state index in [1.54, 1.807) is 0 Å². The van der Waals surface area contributed by atoms with E-state index in [-0.39, 0.29) is 0 Å². The van der Waals surface area contributed by atoms with Crippen molar-refractivity contribution in [1.29, 1.82) is 0 Å². The molecule has 2 atom stereocenters. The minimum Gasteiger partial charge on any atom is -0.374 e. The van der Waals surface area contributed by atoms with Crippen LogP contribution in [0.15, 0.2) is 4.99 Å². The van der Waals surface area contributed by atoms with Gasteiger partial charge in [0.2, 0.25) is 0 Å². The number of morpholine rings is 1. The summed E-state index contributed by atoms with van der Waals surface area (Å²) >= 11 is 0. The third-order valence-corrected chi connectivity index (χ3v) is 4.67. The van der Waals surface area contributed by atoms with E-state index in [0.29, 0.717) is 18.2 Å². The number of nitrogens with two attached hydrogens (primary N) is 1. The summed E-state index contributed by atoms with van der Waals surface area (Å²) in [5, 5.41) is 0. The Morgan fingerprint density at radius 1 is 1.06 bits per heavy atom. The number of fused-ring (bicyclic) bond motifs is 1. The van der Waals surface area contributed by atoms with E-state index < -0.39 is 0 Å². The second-order valence-electron chi connectivity index (χ2n) is 5.88. The molecule has 0 radical (unpaired) electrons. The van der Waals surface area contributed by atoms with Crippen molar-refractivity contribution in [2.24, 2.45) is 10.7 Å². The van der Waals surface area contributed by atoms with E-state index in [1.807, 2.05) is 0 Å². The maximum absolute atomic E-state index is 6.26. The number of hydrogen-bond donors (Lipinski definition) is 1. The van der Waals surface area contributed by atoms with Crippen LogP contribution in [0.4, 0.5) is 0 Å². The van der Waals surface area contributed by atoms with Crippen LogP contribution in [-0.2, 0) is 4.74 Å². The summed E-state index contributed by atoms with van der Waals surface area (Å²) in [5.74, 6) is 0.780. The lowest BCUT2D eigenvalue weighted by molar-refractivity contribution is -0.0299. The number of nitrogens with zero attached hydrogens (tertiary/aromatic N) is 2. The molecule has 18 heavy (non-hydrogen) atoms. The van der Waals surface area contributed by atoms with Gasteiger partial charge in [-0.15, -0.1) is 0 Å². The van der Waals surface area contributed by atoms with Gasteiger partial charge in [-0.05, 0) is 32.1 Å². The first-order chi connectivity index (χ1) is 8.84. The molecule has 2 unspecified atom stereocenters. The average Bonchev–Trinajstić information content (AvgIpc) is 2.87. The van der Waals surface area contributed by atoms with E-state index in [9.17, 15) is 0 Å². The van der Waals surface area contributed by atoms with Crippen LogP contribution in [0.1, 0.15) is 51.4 Å². The molecule has 2 N–H and O–H groups in total. The Balaban J connectivity index is 1.66. The predicted octanol–water partition coefficient (Wildman–Crippen LogP) is 1.89. The van der Waals surface area contributed by atoms with Crippen LogP contribution in [0.3, 0.4) is 0 Å². The Morgan fingerprint density at radius 3 is 2.72 bits per heavy atom. The molecule has 2 aliphatic carbocycles. The third kappa shape index (κ3) is 2.48. The van der Waals surface area contributed by atoms with Gasteiger partial charge in [-0.3, -0.25) is 0 Å². The smallest absolute Gasteiger partial charge is 0.191 e. The van der Waals surface area contributed by atoms with Gasteiger partial charge in [0.05, 0.1) is 24.8 Å². The van der Waals surface area contributed by atoms with Gasteiger partial charge in [0, 0.05) is 6.54 Å². The molecule has 0 bridgehead atoms. The van der Waals surface area contributed by atoms with Crippen molar-refractivity contribution in [2.75, 3.05) is 13.2 Å².